The molecule has 0 radical (unpaired) electrons. The van der Waals surface area contributed by atoms with Gasteiger partial charge < -0.3 is 10.1 Å². The first-order chi connectivity index (χ1) is 12.5. The van der Waals surface area contributed by atoms with Crippen LogP contribution in [-0.4, -0.2) is 27.8 Å². The summed E-state index contributed by atoms with van der Waals surface area (Å²) in [5, 5.41) is 7.35. The number of benzene rings is 2. The minimum atomic E-state index is -0.0901. The molecule has 0 aliphatic carbocycles. The molecular weight excluding hydrogens is 328 g/mol. The summed E-state index contributed by atoms with van der Waals surface area (Å²) in [6.07, 6.45) is 0. The van der Waals surface area contributed by atoms with E-state index in [9.17, 15) is 4.79 Å². The van der Waals surface area contributed by atoms with Crippen LogP contribution in [0.3, 0.4) is 0 Å². The molecule has 6 heteroatoms. The standard InChI is InChI=1S/C20H22N4O2/c1-13(2)19(25)21-15-9-7-10-16(12-15)24-18(22-20(23-24)26-4)17-11-6-5-8-14(17)3/h5-13H,1-4H3,(H,21,25). The summed E-state index contributed by atoms with van der Waals surface area (Å²) in [6, 6.07) is 15.8. The highest BCUT2D eigenvalue weighted by molar-refractivity contribution is 5.92. The molecular formula is C20H22N4O2. The van der Waals surface area contributed by atoms with Crippen LogP contribution in [0.2, 0.25) is 0 Å². The average Bonchev–Trinajstić information content (AvgIpc) is 3.06. The fourth-order valence-electron chi connectivity index (χ4n) is 2.56. The number of amides is 1. The first kappa shape index (κ1) is 17.7. The van der Waals surface area contributed by atoms with E-state index in [-0.39, 0.29) is 11.8 Å². The summed E-state index contributed by atoms with van der Waals surface area (Å²) in [5.41, 5.74) is 3.57. The Kier molecular flexibility index (Phi) is 5.02. The van der Waals surface area contributed by atoms with Crippen molar-refractivity contribution in [2.75, 3.05) is 12.4 Å². The lowest BCUT2D eigenvalue weighted by Gasteiger charge is -2.11. The Morgan fingerprint density at radius 1 is 1.15 bits per heavy atom. The van der Waals surface area contributed by atoms with Crippen LogP contribution in [0.15, 0.2) is 48.5 Å². The second-order valence-corrected chi connectivity index (χ2v) is 6.34. The van der Waals surface area contributed by atoms with Crippen molar-refractivity contribution in [1.29, 1.82) is 0 Å². The van der Waals surface area contributed by atoms with E-state index in [4.69, 9.17) is 4.74 Å². The van der Waals surface area contributed by atoms with Crippen molar-refractivity contribution in [2.24, 2.45) is 5.92 Å². The molecule has 0 fully saturated rings. The highest BCUT2D eigenvalue weighted by atomic mass is 16.5. The molecule has 0 aliphatic heterocycles. The number of carbonyl (C=O) groups is 1. The summed E-state index contributed by atoms with van der Waals surface area (Å²) < 4.78 is 6.96. The number of nitrogens with one attached hydrogen (secondary N) is 1. The molecule has 6 nitrogen and oxygen atoms in total. The zero-order valence-electron chi connectivity index (χ0n) is 15.4. The lowest BCUT2D eigenvalue weighted by atomic mass is 10.1. The van der Waals surface area contributed by atoms with Gasteiger partial charge in [-0.3, -0.25) is 4.79 Å². The molecule has 1 N–H and O–H groups in total. The van der Waals surface area contributed by atoms with Gasteiger partial charge >= 0.3 is 6.01 Å². The van der Waals surface area contributed by atoms with Gasteiger partial charge in [0.25, 0.3) is 0 Å². The van der Waals surface area contributed by atoms with E-state index in [0.717, 1.165) is 16.8 Å². The van der Waals surface area contributed by atoms with Crippen molar-refractivity contribution in [3.05, 3.63) is 54.1 Å². The van der Waals surface area contributed by atoms with Crippen LogP contribution in [-0.2, 0) is 4.79 Å². The maximum absolute atomic E-state index is 12.0. The topological polar surface area (TPSA) is 69.0 Å². The molecule has 0 unspecified atom stereocenters. The first-order valence-corrected chi connectivity index (χ1v) is 8.48. The molecule has 1 aromatic heterocycles. The molecule has 3 aromatic rings. The van der Waals surface area contributed by atoms with Crippen molar-refractivity contribution in [3.63, 3.8) is 0 Å². The Bertz CT molecular complexity index is 931. The van der Waals surface area contributed by atoms with E-state index < -0.39 is 0 Å². The molecule has 134 valence electrons. The highest BCUT2D eigenvalue weighted by Gasteiger charge is 2.16. The van der Waals surface area contributed by atoms with Gasteiger partial charge in [-0.2, -0.15) is 4.98 Å². The van der Waals surface area contributed by atoms with Crippen molar-refractivity contribution in [2.45, 2.75) is 20.8 Å². The lowest BCUT2D eigenvalue weighted by molar-refractivity contribution is -0.118. The molecule has 1 heterocycles. The van der Waals surface area contributed by atoms with Gasteiger partial charge in [0, 0.05) is 17.2 Å². The number of hydrogen-bond donors (Lipinski definition) is 1. The minimum absolute atomic E-state index is 0.0301. The molecule has 0 saturated carbocycles. The van der Waals surface area contributed by atoms with Gasteiger partial charge in [0.1, 0.15) is 0 Å². The molecule has 3 rings (SSSR count). The van der Waals surface area contributed by atoms with Crippen LogP contribution in [0.1, 0.15) is 19.4 Å². The first-order valence-electron chi connectivity index (χ1n) is 8.48. The number of aromatic nitrogens is 3. The number of carbonyl (C=O) groups excluding carboxylic acids is 1. The van der Waals surface area contributed by atoms with Crippen LogP contribution >= 0.6 is 0 Å². The maximum atomic E-state index is 12.0. The summed E-state index contributed by atoms with van der Waals surface area (Å²) in [4.78, 5) is 16.5. The fraction of sp³-hybridized carbons (Fsp3) is 0.250. The Hall–Kier alpha value is -3.15. The highest BCUT2D eigenvalue weighted by Crippen LogP contribution is 2.27. The van der Waals surface area contributed by atoms with Crippen molar-refractivity contribution >= 4 is 11.6 Å². The van der Waals surface area contributed by atoms with E-state index in [1.165, 1.54) is 0 Å². The summed E-state index contributed by atoms with van der Waals surface area (Å²) in [5.74, 6) is 0.567. The van der Waals surface area contributed by atoms with E-state index >= 15 is 0 Å². The normalized spacial score (nSPS) is 10.8. The number of rotatable bonds is 5. The van der Waals surface area contributed by atoms with Gasteiger partial charge in [0.15, 0.2) is 5.82 Å². The smallest absolute Gasteiger partial charge is 0.336 e. The molecule has 0 atom stereocenters. The predicted octanol–water partition coefficient (Wildman–Crippen LogP) is 3.85. The number of ether oxygens (including phenoxy) is 1. The van der Waals surface area contributed by atoms with E-state index in [0.29, 0.717) is 17.5 Å². The molecule has 0 bridgehead atoms. The predicted molar refractivity (Wildman–Crippen MR) is 102 cm³/mol. The minimum Gasteiger partial charge on any atom is -0.466 e. The fourth-order valence-corrected chi connectivity index (χ4v) is 2.56. The van der Waals surface area contributed by atoms with Gasteiger partial charge in [-0.05, 0) is 30.7 Å². The number of anilines is 1. The van der Waals surface area contributed by atoms with Gasteiger partial charge in [0.2, 0.25) is 5.91 Å². The van der Waals surface area contributed by atoms with Crippen LogP contribution < -0.4 is 10.1 Å². The number of hydrogen-bond acceptors (Lipinski definition) is 4. The van der Waals surface area contributed by atoms with Crippen LogP contribution in [0.4, 0.5) is 5.69 Å². The molecule has 0 aliphatic rings. The molecule has 1 amide bonds. The number of nitrogens with zero attached hydrogens (tertiary/aromatic N) is 3. The summed E-state index contributed by atoms with van der Waals surface area (Å²) in [7, 11) is 1.54. The van der Waals surface area contributed by atoms with Gasteiger partial charge in [0.05, 0.1) is 12.8 Å². The number of aryl methyl sites for hydroxylation is 1. The Morgan fingerprint density at radius 3 is 2.62 bits per heavy atom. The van der Waals surface area contributed by atoms with Gasteiger partial charge in [-0.1, -0.05) is 44.2 Å². The summed E-state index contributed by atoms with van der Waals surface area (Å²) in [6.45, 7) is 5.75. The lowest BCUT2D eigenvalue weighted by Crippen LogP contribution is -2.17. The molecule has 0 spiro atoms. The van der Waals surface area contributed by atoms with E-state index in [2.05, 4.69) is 15.4 Å². The Balaban J connectivity index is 2.06. The number of methoxy groups -OCH3 is 1. The SMILES string of the molecule is COc1nc(-c2ccccc2C)n(-c2cccc(NC(=O)C(C)C)c2)n1. The van der Waals surface area contributed by atoms with Crippen molar-refractivity contribution in [1.82, 2.24) is 14.8 Å². The van der Waals surface area contributed by atoms with E-state index in [1.54, 1.807) is 11.8 Å². The maximum Gasteiger partial charge on any atom is 0.336 e. The molecule has 26 heavy (non-hydrogen) atoms. The molecule has 0 saturated heterocycles. The van der Waals surface area contributed by atoms with Crippen molar-refractivity contribution < 1.29 is 9.53 Å². The van der Waals surface area contributed by atoms with Crippen LogP contribution in [0.25, 0.3) is 17.1 Å². The zero-order chi connectivity index (χ0) is 18.7. The summed E-state index contributed by atoms with van der Waals surface area (Å²) >= 11 is 0. The second-order valence-electron chi connectivity index (χ2n) is 6.34. The second kappa shape index (κ2) is 7.39. The Morgan fingerprint density at radius 2 is 1.92 bits per heavy atom. The van der Waals surface area contributed by atoms with Crippen molar-refractivity contribution in [3.8, 4) is 23.1 Å². The molecule has 2 aromatic carbocycles. The zero-order valence-corrected chi connectivity index (χ0v) is 15.4. The van der Waals surface area contributed by atoms with Gasteiger partial charge in [-0.25, -0.2) is 4.68 Å². The largest absolute Gasteiger partial charge is 0.466 e. The Labute approximate surface area is 152 Å². The van der Waals surface area contributed by atoms with Crippen LogP contribution in [0.5, 0.6) is 6.01 Å². The quantitative estimate of drug-likeness (QED) is 0.759. The monoisotopic (exact) mass is 350 g/mol. The third-order valence-electron chi connectivity index (χ3n) is 4.04. The third kappa shape index (κ3) is 3.59. The average molecular weight is 350 g/mol. The van der Waals surface area contributed by atoms with Crippen LogP contribution in [0, 0.1) is 12.8 Å². The van der Waals surface area contributed by atoms with E-state index in [1.807, 2.05) is 69.3 Å². The third-order valence-corrected chi connectivity index (χ3v) is 4.04. The van der Waals surface area contributed by atoms with Gasteiger partial charge in [-0.15, -0.1) is 5.10 Å².